The zero-order valence-electron chi connectivity index (χ0n) is 11.9. The number of benzene rings is 1. The standard InChI is InChI=1S/C15H20N4O/c1-15(2)7-4-8-16-13(15)14(20)18-11-5-3-6-12-10(11)9-17-19-12/h3,5-6,9,13,16H,4,7-8H2,1-2H3,(H,17,19)(H,18,20). The van der Waals surface area contributed by atoms with Crippen LogP contribution in [0.4, 0.5) is 5.69 Å². The number of amides is 1. The second-order valence-corrected chi connectivity index (χ2v) is 6.11. The summed E-state index contributed by atoms with van der Waals surface area (Å²) in [7, 11) is 0. The zero-order valence-corrected chi connectivity index (χ0v) is 11.9. The molecule has 1 unspecified atom stereocenters. The number of hydrogen-bond donors (Lipinski definition) is 3. The van der Waals surface area contributed by atoms with E-state index in [1.165, 1.54) is 0 Å². The molecule has 1 atom stereocenters. The van der Waals surface area contributed by atoms with Crippen LogP contribution in [0.1, 0.15) is 26.7 Å². The molecule has 5 heteroatoms. The lowest BCUT2D eigenvalue weighted by Gasteiger charge is -2.38. The average Bonchev–Trinajstić information content (AvgIpc) is 2.87. The molecule has 1 aliphatic heterocycles. The number of H-pyrrole nitrogens is 1. The van der Waals surface area contributed by atoms with Crippen molar-refractivity contribution in [1.82, 2.24) is 15.5 Å². The van der Waals surface area contributed by atoms with Gasteiger partial charge in [-0.2, -0.15) is 5.10 Å². The van der Waals surface area contributed by atoms with E-state index in [4.69, 9.17) is 0 Å². The molecule has 1 saturated heterocycles. The highest BCUT2D eigenvalue weighted by Gasteiger charge is 2.37. The van der Waals surface area contributed by atoms with Gasteiger partial charge in [0.2, 0.25) is 5.91 Å². The summed E-state index contributed by atoms with van der Waals surface area (Å²) in [4.78, 5) is 12.5. The third kappa shape index (κ3) is 2.29. The number of aromatic nitrogens is 2. The maximum Gasteiger partial charge on any atom is 0.242 e. The summed E-state index contributed by atoms with van der Waals surface area (Å²) >= 11 is 0. The lowest BCUT2D eigenvalue weighted by atomic mass is 9.77. The Hall–Kier alpha value is -1.88. The van der Waals surface area contributed by atoms with Crippen molar-refractivity contribution in [3.05, 3.63) is 24.4 Å². The predicted octanol–water partition coefficient (Wildman–Crippen LogP) is 2.28. The van der Waals surface area contributed by atoms with Gasteiger partial charge in [0.25, 0.3) is 0 Å². The van der Waals surface area contributed by atoms with Gasteiger partial charge >= 0.3 is 0 Å². The second kappa shape index (κ2) is 4.90. The molecule has 0 aliphatic carbocycles. The third-order valence-electron chi connectivity index (χ3n) is 4.13. The van der Waals surface area contributed by atoms with Crippen LogP contribution in [0.2, 0.25) is 0 Å². The van der Waals surface area contributed by atoms with E-state index in [-0.39, 0.29) is 17.4 Å². The SMILES string of the molecule is CC1(C)CCCNC1C(=O)Nc1cccc2[nH]ncc12. The molecule has 3 N–H and O–H groups in total. The predicted molar refractivity (Wildman–Crippen MR) is 79.5 cm³/mol. The van der Waals surface area contributed by atoms with E-state index in [1.54, 1.807) is 6.20 Å². The summed E-state index contributed by atoms with van der Waals surface area (Å²) in [6.45, 7) is 5.18. The summed E-state index contributed by atoms with van der Waals surface area (Å²) in [5.74, 6) is 0.0309. The lowest BCUT2D eigenvalue weighted by Crippen LogP contribution is -2.53. The number of nitrogens with zero attached hydrogens (tertiary/aromatic N) is 1. The number of piperidine rings is 1. The van der Waals surface area contributed by atoms with E-state index in [0.29, 0.717) is 0 Å². The number of hydrogen-bond acceptors (Lipinski definition) is 3. The number of rotatable bonds is 2. The smallest absolute Gasteiger partial charge is 0.242 e. The minimum atomic E-state index is -0.154. The molecule has 0 saturated carbocycles. The molecule has 3 rings (SSSR count). The molecule has 5 nitrogen and oxygen atoms in total. The van der Waals surface area contributed by atoms with E-state index in [0.717, 1.165) is 36.0 Å². The Morgan fingerprint density at radius 1 is 1.45 bits per heavy atom. The molecule has 1 fully saturated rings. The monoisotopic (exact) mass is 272 g/mol. The van der Waals surface area contributed by atoms with Crippen molar-refractivity contribution in [2.75, 3.05) is 11.9 Å². The summed E-state index contributed by atoms with van der Waals surface area (Å²) in [5, 5.41) is 14.2. The highest BCUT2D eigenvalue weighted by Crippen LogP contribution is 2.31. The van der Waals surface area contributed by atoms with Crippen LogP contribution < -0.4 is 10.6 Å². The minimum Gasteiger partial charge on any atom is -0.324 e. The number of carbonyl (C=O) groups is 1. The topological polar surface area (TPSA) is 69.8 Å². The van der Waals surface area contributed by atoms with E-state index >= 15 is 0 Å². The van der Waals surface area contributed by atoms with Crippen molar-refractivity contribution < 1.29 is 4.79 Å². The van der Waals surface area contributed by atoms with Crippen LogP contribution in [-0.4, -0.2) is 28.7 Å². The maximum absolute atomic E-state index is 12.5. The first-order valence-electron chi connectivity index (χ1n) is 7.04. The summed E-state index contributed by atoms with van der Waals surface area (Å²) in [6.07, 6.45) is 3.92. The van der Waals surface area contributed by atoms with Crippen molar-refractivity contribution in [1.29, 1.82) is 0 Å². The zero-order chi connectivity index (χ0) is 14.2. The summed E-state index contributed by atoms with van der Waals surface area (Å²) in [6, 6.07) is 5.61. The third-order valence-corrected chi connectivity index (χ3v) is 4.13. The Morgan fingerprint density at radius 2 is 2.30 bits per heavy atom. The Labute approximate surface area is 118 Å². The molecule has 0 radical (unpaired) electrons. The number of fused-ring (bicyclic) bond motifs is 1. The minimum absolute atomic E-state index is 0.0212. The van der Waals surface area contributed by atoms with Crippen LogP contribution in [0.15, 0.2) is 24.4 Å². The van der Waals surface area contributed by atoms with Crippen molar-refractivity contribution in [2.45, 2.75) is 32.7 Å². The van der Waals surface area contributed by atoms with Crippen LogP contribution in [0.25, 0.3) is 10.9 Å². The molecular weight excluding hydrogens is 252 g/mol. The Balaban J connectivity index is 1.83. The van der Waals surface area contributed by atoms with Crippen LogP contribution in [0, 0.1) is 5.41 Å². The molecule has 1 aliphatic rings. The normalized spacial score (nSPS) is 21.8. The molecule has 2 heterocycles. The first-order valence-corrected chi connectivity index (χ1v) is 7.04. The molecule has 0 spiro atoms. The molecule has 2 aromatic rings. The van der Waals surface area contributed by atoms with Crippen LogP contribution >= 0.6 is 0 Å². The fourth-order valence-corrected chi connectivity index (χ4v) is 2.94. The maximum atomic E-state index is 12.5. The first-order chi connectivity index (χ1) is 9.58. The molecule has 1 aromatic heterocycles. The molecule has 1 aromatic carbocycles. The lowest BCUT2D eigenvalue weighted by molar-refractivity contribution is -0.121. The Bertz CT molecular complexity index is 632. The van der Waals surface area contributed by atoms with Gasteiger partial charge in [0, 0.05) is 5.39 Å². The first kappa shape index (κ1) is 13.1. The van der Waals surface area contributed by atoms with Crippen LogP contribution in [-0.2, 0) is 4.79 Å². The second-order valence-electron chi connectivity index (χ2n) is 6.11. The van der Waals surface area contributed by atoms with Gasteiger partial charge in [-0.25, -0.2) is 0 Å². The quantitative estimate of drug-likeness (QED) is 0.785. The van der Waals surface area contributed by atoms with Gasteiger partial charge in [0.05, 0.1) is 23.4 Å². The average molecular weight is 272 g/mol. The Morgan fingerprint density at radius 3 is 3.10 bits per heavy atom. The molecule has 106 valence electrons. The summed E-state index contributed by atoms with van der Waals surface area (Å²) < 4.78 is 0. The molecule has 20 heavy (non-hydrogen) atoms. The van der Waals surface area contributed by atoms with Crippen molar-refractivity contribution in [2.24, 2.45) is 5.41 Å². The van der Waals surface area contributed by atoms with Crippen LogP contribution in [0.5, 0.6) is 0 Å². The number of carbonyl (C=O) groups excluding carboxylic acids is 1. The van der Waals surface area contributed by atoms with E-state index < -0.39 is 0 Å². The van der Waals surface area contributed by atoms with Crippen molar-refractivity contribution in [3.8, 4) is 0 Å². The molecule has 1 amide bonds. The van der Waals surface area contributed by atoms with Gasteiger partial charge in [0.1, 0.15) is 0 Å². The van der Waals surface area contributed by atoms with Crippen molar-refractivity contribution >= 4 is 22.5 Å². The Kier molecular flexibility index (Phi) is 3.22. The fraction of sp³-hybridized carbons (Fsp3) is 0.467. The van der Waals surface area contributed by atoms with Gasteiger partial charge in [-0.05, 0) is 36.9 Å². The number of aromatic amines is 1. The number of nitrogens with one attached hydrogen (secondary N) is 3. The highest BCUT2D eigenvalue weighted by molar-refractivity contribution is 6.03. The van der Waals surface area contributed by atoms with E-state index in [2.05, 4.69) is 34.7 Å². The van der Waals surface area contributed by atoms with Gasteiger partial charge in [-0.3, -0.25) is 9.89 Å². The van der Waals surface area contributed by atoms with E-state index in [9.17, 15) is 4.79 Å². The highest BCUT2D eigenvalue weighted by atomic mass is 16.2. The largest absolute Gasteiger partial charge is 0.324 e. The van der Waals surface area contributed by atoms with Gasteiger partial charge in [0.15, 0.2) is 0 Å². The number of anilines is 1. The van der Waals surface area contributed by atoms with E-state index in [1.807, 2.05) is 18.2 Å². The van der Waals surface area contributed by atoms with Crippen LogP contribution in [0.3, 0.4) is 0 Å². The van der Waals surface area contributed by atoms with Crippen molar-refractivity contribution in [3.63, 3.8) is 0 Å². The molecular formula is C15H20N4O. The molecule has 0 bridgehead atoms. The van der Waals surface area contributed by atoms with Gasteiger partial charge in [-0.15, -0.1) is 0 Å². The fourth-order valence-electron chi connectivity index (χ4n) is 2.94. The van der Waals surface area contributed by atoms with Gasteiger partial charge in [-0.1, -0.05) is 19.9 Å². The van der Waals surface area contributed by atoms with Gasteiger partial charge < -0.3 is 10.6 Å². The summed E-state index contributed by atoms with van der Waals surface area (Å²) in [5.41, 5.74) is 1.72.